The van der Waals surface area contributed by atoms with Crippen LogP contribution in [-0.2, 0) is 4.74 Å². The van der Waals surface area contributed by atoms with Crippen LogP contribution in [-0.4, -0.2) is 27.8 Å². The number of ether oxygens (including phenoxy) is 1. The summed E-state index contributed by atoms with van der Waals surface area (Å²) in [7, 11) is 1.25. The molecule has 1 aromatic heterocycles. The summed E-state index contributed by atoms with van der Waals surface area (Å²) < 4.78 is 19.6. The molecule has 0 bridgehead atoms. The fourth-order valence-corrected chi connectivity index (χ4v) is 1.81. The van der Waals surface area contributed by atoms with E-state index in [1.807, 2.05) is 0 Å². The van der Waals surface area contributed by atoms with Crippen molar-refractivity contribution < 1.29 is 13.9 Å². The highest BCUT2D eigenvalue weighted by atomic mass is 19.1. The van der Waals surface area contributed by atoms with Gasteiger partial charge in [-0.25, -0.2) is 18.9 Å². The zero-order valence-electron chi connectivity index (χ0n) is 11.4. The SMILES string of the molecule is COC(=O)c1ncn(-c2cc(C)c(F)cc2[C@H](C)N)n1. The molecule has 0 aliphatic heterocycles. The van der Waals surface area contributed by atoms with E-state index in [-0.39, 0.29) is 17.7 Å². The smallest absolute Gasteiger partial charge is 0.377 e. The number of nitrogens with two attached hydrogens (primary N) is 1. The first-order chi connectivity index (χ1) is 9.43. The normalized spacial score (nSPS) is 12.2. The van der Waals surface area contributed by atoms with E-state index < -0.39 is 5.97 Å². The number of hydrogen-bond acceptors (Lipinski definition) is 5. The summed E-state index contributed by atoms with van der Waals surface area (Å²) in [6.45, 7) is 3.38. The topological polar surface area (TPSA) is 83.0 Å². The van der Waals surface area contributed by atoms with E-state index >= 15 is 0 Å². The molecule has 20 heavy (non-hydrogen) atoms. The number of benzene rings is 1. The Bertz CT molecular complexity index is 652. The van der Waals surface area contributed by atoms with Crippen molar-refractivity contribution in [2.75, 3.05) is 7.11 Å². The number of aromatic nitrogens is 3. The van der Waals surface area contributed by atoms with E-state index in [4.69, 9.17) is 5.73 Å². The molecule has 7 heteroatoms. The molecule has 0 radical (unpaired) electrons. The number of halogens is 1. The number of carbonyl (C=O) groups excluding carboxylic acids is 1. The van der Waals surface area contributed by atoms with Gasteiger partial charge in [-0.3, -0.25) is 0 Å². The van der Waals surface area contributed by atoms with Crippen LogP contribution >= 0.6 is 0 Å². The van der Waals surface area contributed by atoms with Crippen LogP contribution in [0.3, 0.4) is 0 Å². The Balaban J connectivity index is 2.54. The number of nitrogens with zero attached hydrogens (tertiary/aromatic N) is 3. The molecule has 2 N–H and O–H groups in total. The molecule has 2 aromatic rings. The van der Waals surface area contributed by atoms with E-state index in [0.29, 0.717) is 16.8 Å². The molecule has 1 atom stereocenters. The van der Waals surface area contributed by atoms with Crippen LogP contribution in [0.25, 0.3) is 5.69 Å². The molecular formula is C13H15FN4O2. The first kappa shape index (κ1) is 14.1. The Kier molecular flexibility index (Phi) is 3.80. The number of aryl methyl sites for hydroxylation is 1. The second-order valence-corrected chi connectivity index (χ2v) is 4.45. The average molecular weight is 278 g/mol. The van der Waals surface area contributed by atoms with Gasteiger partial charge in [0.05, 0.1) is 12.8 Å². The monoisotopic (exact) mass is 278 g/mol. The summed E-state index contributed by atoms with van der Waals surface area (Å²) >= 11 is 0. The maximum absolute atomic E-state index is 13.6. The fourth-order valence-electron chi connectivity index (χ4n) is 1.81. The van der Waals surface area contributed by atoms with E-state index in [1.54, 1.807) is 19.9 Å². The van der Waals surface area contributed by atoms with Gasteiger partial charge >= 0.3 is 5.97 Å². The Morgan fingerprint density at radius 3 is 2.80 bits per heavy atom. The molecule has 2 rings (SSSR count). The van der Waals surface area contributed by atoms with Crippen molar-refractivity contribution >= 4 is 5.97 Å². The highest BCUT2D eigenvalue weighted by Crippen LogP contribution is 2.23. The van der Waals surface area contributed by atoms with Gasteiger partial charge in [-0.2, -0.15) is 0 Å². The van der Waals surface area contributed by atoms with Crippen molar-refractivity contribution in [3.63, 3.8) is 0 Å². The van der Waals surface area contributed by atoms with Gasteiger partial charge in [0, 0.05) is 6.04 Å². The van der Waals surface area contributed by atoms with Gasteiger partial charge in [-0.1, -0.05) is 0 Å². The highest BCUT2D eigenvalue weighted by Gasteiger charge is 2.16. The molecule has 0 saturated heterocycles. The van der Waals surface area contributed by atoms with Crippen LogP contribution < -0.4 is 5.73 Å². The molecule has 0 fully saturated rings. The molecule has 0 aliphatic rings. The number of hydrogen-bond donors (Lipinski definition) is 1. The van der Waals surface area contributed by atoms with Gasteiger partial charge in [0.1, 0.15) is 12.1 Å². The van der Waals surface area contributed by atoms with Crippen molar-refractivity contribution in [3.05, 3.63) is 41.2 Å². The van der Waals surface area contributed by atoms with Gasteiger partial charge < -0.3 is 10.5 Å². The van der Waals surface area contributed by atoms with Gasteiger partial charge in [-0.05, 0) is 37.1 Å². The Morgan fingerprint density at radius 2 is 2.20 bits per heavy atom. The van der Waals surface area contributed by atoms with Gasteiger partial charge in [0.2, 0.25) is 0 Å². The van der Waals surface area contributed by atoms with Crippen molar-refractivity contribution in [1.82, 2.24) is 14.8 Å². The zero-order chi connectivity index (χ0) is 14.9. The molecule has 1 heterocycles. The van der Waals surface area contributed by atoms with Crippen LogP contribution in [0.1, 0.15) is 34.7 Å². The number of rotatable bonds is 3. The lowest BCUT2D eigenvalue weighted by atomic mass is 10.0. The molecule has 0 amide bonds. The summed E-state index contributed by atoms with van der Waals surface area (Å²) in [5, 5.41) is 4.02. The quantitative estimate of drug-likeness (QED) is 0.861. The van der Waals surface area contributed by atoms with Crippen molar-refractivity contribution in [2.45, 2.75) is 19.9 Å². The van der Waals surface area contributed by atoms with E-state index in [2.05, 4.69) is 14.8 Å². The molecule has 6 nitrogen and oxygen atoms in total. The van der Waals surface area contributed by atoms with Crippen LogP contribution in [0.2, 0.25) is 0 Å². The third kappa shape index (κ3) is 2.53. The van der Waals surface area contributed by atoms with Crippen LogP contribution in [0.5, 0.6) is 0 Å². The molecule has 0 spiro atoms. The second kappa shape index (κ2) is 5.38. The summed E-state index contributed by atoms with van der Waals surface area (Å²) in [6.07, 6.45) is 1.37. The summed E-state index contributed by atoms with van der Waals surface area (Å²) in [5.41, 5.74) is 7.46. The van der Waals surface area contributed by atoms with E-state index in [9.17, 15) is 9.18 Å². The summed E-state index contributed by atoms with van der Waals surface area (Å²) in [4.78, 5) is 15.2. The Labute approximate surface area is 115 Å². The van der Waals surface area contributed by atoms with Crippen LogP contribution in [0, 0.1) is 12.7 Å². The third-order valence-corrected chi connectivity index (χ3v) is 2.91. The minimum Gasteiger partial charge on any atom is -0.463 e. The third-order valence-electron chi connectivity index (χ3n) is 2.91. The highest BCUT2D eigenvalue weighted by molar-refractivity contribution is 5.84. The molecule has 0 saturated carbocycles. The largest absolute Gasteiger partial charge is 0.463 e. The summed E-state index contributed by atoms with van der Waals surface area (Å²) in [6, 6.07) is 2.60. The van der Waals surface area contributed by atoms with Crippen molar-refractivity contribution in [2.24, 2.45) is 5.73 Å². The Hall–Kier alpha value is -2.28. The number of esters is 1. The van der Waals surface area contributed by atoms with Crippen molar-refractivity contribution in [3.8, 4) is 5.69 Å². The van der Waals surface area contributed by atoms with Gasteiger partial charge in [-0.15, -0.1) is 5.10 Å². The maximum atomic E-state index is 13.6. The lowest BCUT2D eigenvalue weighted by Gasteiger charge is -2.13. The average Bonchev–Trinajstić information content (AvgIpc) is 2.89. The lowest BCUT2D eigenvalue weighted by molar-refractivity contribution is 0.0587. The second-order valence-electron chi connectivity index (χ2n) is 4.45. The lowest BCUT2D eigenvalue weighted by Crippen LogP contribution is -2.12. The van der Waals surface area contributed by atoms with E-state index in [1.165, 1.54) is 24.2 Å². The molecule has 1 aromatic carbocycles. The van der Waals surface area contributed by atoms with E-state index in [0.717, 1.165) is 0 Å². The van der Waals surface area contributed by atoms with Crippen LogP contribution in [0.15, 0.2) is 18.5 Å². The van der Waals surface area contributed by atoms with Gasteiger partial charge in [0.25, 0.3) is 5.82 Å². The number of methoxy groups -OCH3 is 1. The van der Waals surface area contributed by atoms with Crippen LogP contribution in [0.4, 0.5) is 4.39 Å². The van der Waals surface area contributed by atoms with Gasteiger partial charge in [0.15, 0.2) is 0 Å². The first-order valence-corrected chi connectivity index (χ1v) is 6.00. The Morgan fingerprint density at radius 1 is 1.50 bits per heavy atom. The standard InChI is InChI=1S/C13H15FN4O2/c1-7-4-11(9(8(2)15)5-10(7)14)18-6-16-12(17-18)13(19)20-3/h4-6,8H,15H2,1-3H3/t8-/m0/s1. The number of carbonyl (C=O) groups is 1. The fraction of sp³-hybridized carbons (Fsp3) is 0.308. The minimum absolute atomic E-state index is 0.0647. The minimum atomic E-state index is -0.634. The zero-order valence-corrected chi connectivity index (χ0v) is 11.4. The molecule has 0 unspecified atom stereocenters. The molecule has 106 valence electrons. The maximum Gasteiger partial charge on any atom is 0.377 e. The first-order valence-electron chi connectivity index (χ1n) is 6.00. The predicted octanol–water partition coefficient (Wildman–Crippen LogP) is 1.52. The predicted molar refractivity (Wildman–Crippen MR) is 70.0 cm³/mol. The molecule has 0 aliphatic carbocycles. The molecular weight excluding hydrogens is 263 g/mol. The summed E-state index contributed by atoms with van der Waals surface area (Å²) in [5.74, 6) is -1.04. The van der Waals surface area contributed by atoms with Crippen molar-refractivity contribution in [1.29, 1.82) is 0 Å².